The molecule has 0 unspecified atom stereocenters. The number of nitrogens with zero attached hydrogens (tertiary/aromatic N) is 2. The topological polar surface area (TPSA) is 92.8 Å². The Kier molecular flexibility index (Phi) is 5.77. The molecule has 0 N–H and O–H groups in total. The number of carbonyl (C=O) groups is 1. The van der Waals surface area contributed by atoms with Crippen molar-refractivity contribution in [3.05, 3.63) is 64.1 Å². The summed E-state index contributed by atoms with van der Waals surface area (Å²) in [5.41, 5.74) is 2.44. The zero-order valence-corrected chi connectivity index (χ0v) is 18.0. The van der Waals surface area contributed by atoms with E-state index in [1.165, 1.54) is 15.9 Å². The van der Waals surface area contributed by atoms with Gasteiger partial charge in [0.05, 0.1) is 25.4 Å². The zero-order chi connectivity index (χ0) is 22.0. The van der Waals surface area contributed by atoms with Gasteiger partial charge in [-0.1, -0.05) is 12.1 Å². The van der Waals surface area contributed by atoms with E-state index in [-0.39, 0.29) is 6.61 Å². The Hall–Kier alpha value is -3.59. The number of carbonyl (C=O) groups excluding carboxylic acids is 1. The van der Waals surface area contributed by atoms with Crippen molar-refractivity contribution in [3.8, 4) is 22.1 Å². The Morgan fingerprint density at radius 2 is 1.94 bits per heavy atom. The molecule has 0 spiro atoms. The number of methoxy groups -OCH3 is 2. The summed E-state index contributed by atoms with van der Waals surface area (Å²) in [5, 5.41) is 2.58. The summed E-state index contributed by atoms with van der Waals surface area (Å²) in [6.45, 7) is 1.60. The van der Waals surface area contributed by atoms with Gasteiger partial charge in [0.1, 0.15) is 17.7 Å². The average molecular weight is 440 g/mol. The van der Waals surface area contributed by atoms with Gasteiger partial charge < -0.3 is 18.6 Å². The van der Waals surface area contributed by atoms with Gasteiger partial charge in [-0.3, -0.25) is 4.57 Å². The molecule has 31 heavy (non-hydrogen) atoms. The van der Waals surface area contributed by atoms with E-state index < -0.39 is 17.8 Å². The lowest BCUT2D eigenvalue weighted by Gasteiger charge is -2.11. The summed E-state index contributed by atoms with van der Waals surface area (Å²) < 4.78 is 22.5. The number of para-hydroxylation sites is 2. The number of oxazole rings is 1. The summed E-state index contributed by atoms with van der Waals surface area (Å²) >= 11 is 1.43. The monoisotopic (exact) mass is 440 g/mol. The van der Waals surface area contributed by atoms with Gasteiger partial charge in [0.15, 0.2) is 17.1 Å². The van der Waals surface area contributed by atoms with E-state index in [1.807, 2.05) is 23.6 Å². The van der Waals surface area contributed by atoms with Gasteiger partial charge in [0.25, 0.3) is 0 Å². The Balaban J connectivity index is 1.46. The lowest BCUT2D eigenvalue weighted by molar-refractivity contribution is -0.148. The second kappa shape index (κ2) is 8.65. The molecule has 0 radical (unpaired) electrons. The first-order valence-corrected chi connectivity index (χ1v) is 10.3. The first kappa shape index (κ1) is 20.7. The Morgan fingerprint density at radius 1 is 1.16 bits per heavy atom. The van der Waals surface area contributed by atoms with Crippen LogP contribution in [0.4, 0.5) is 0 Å². The normalized spacial score (nSPS) is 12.0. The molecule has 2 aromatic carbocycles. The number of hydrogen-bond acceptors (Lipinski definition) is 8. The molecule has 2 aromatic heterocycles. The predicted molar refractivity (Wildman–Crippen MR) is 116 cm³/mol. The van der Waals surface area contributed by atoms with Crippen LogP contribution < -0.4 is 15.2 Å². The molecule has 2 heterocycles. The number of fused-ring (bicyclic) bond motifs is 1. The van der Waals surface area contributed by atoms with Crippen LogP contribution in [0.5, 0.6) is 11.5 Å². The molecule has 9 heteroatoms. The van der Waals surface area contributed by atoms with E-state index in [2.05, 4.69) is 4.98 Å². The maximum Gasteiger partial charge on any atom is 0.420 e. The third-order valence-electron chi connectivity index (χ3n) is 4.79. The van der Waals surface area contributed by atoms with Gasteiger partial charge in [-0.05, 0) is 37.3 Å². The number of thiazole rings is 1. The second-order valence-corrected chi connectivity index (χ2v) is 7.56. The highest BCUT2D eigenvalue weighted by Gasteiger charge is 2.23. The van der Waals surface area contributed by atoms with Crippen LogP contribution in [-0.4, -0.2) is 29.7 Å². The van der Waals surface area contributed by atoms with Crippen LogP contribution in [0.15, 0.2) is 57.1 Å². The largest absolute Gasteiger partial charge is 0.493 e. The van der Waals surface area contributed by atoms with Crippen molar-refractivity contribution in [3.63, 3.8) is 0 Å². The van der Waals surface area contributed by atoms with Crippen LogP contribution in [-0.2, 0) is 16.1 Å². The molecule has 4 aromatic rings. The van der Waals surface area contributed by atoms with Gasteiger partial charge in [0.2, 0.25) is 0 Å². The first-order chi connectivity index (χ1) is 15.0. The maximum atomic E-state index is 12.6. The quantitative estimate of drug-likeness (QED) is 0.401. The highest BCUT2D eigenvalue weighted by atomic mass is 32.1. The van der Waals surface area contributed by atoms with Crippen LogP contribution in [0.3, 0.4) is 0 Å². The van der Waals surface area contributed by atoms with Crippen LogP contribution in [0.25, 0.3) is 21.7 Å². The predicted octanol–water partition coefficient (Wildman–Crippen LogP) is 4.04. The Morgan fingerprint density at radius 3 is 2.71 bits per heavy atom. The van der Waals surface area contributed by atoms with Crippen LogP contribution in [0.1, 0.15) is 18.7 Å². The third-order valence-corrected chi connectivity index (χ3v) is 5.73. The number of benzene rings is 2. The first-order valence-electron chi connectivity index (χ1n) is 9.45. The number of aromatic nitrogens is 2. The van der Waals surface area contributed by atoms with Crippen molar-refractivity contribution in [1.29, 1.82) is 0 Å². The molecule has 0 aliphatic heterocycles. The van der Waals surface area contributed by atoms with Crippen LogP contribution >= 0.6 is 11.3 Å². The minimum absolute atomic E-state index is 0.00248. The Labute approximate surface area is 181 Å². The van der Waals surface area contributed by atoms with Gasteiger partial charge in [-0.25, -0.2) is 14.6 Å². The lowest BCUT2D eigenvalue weighted by Crippen LogP contribution is -2.26. The van der Waals surface area contributed by atoms with Crippen molar-refractivity contribution in [2.24, 2.45) is 0 Å². The summed E-state index contributed by atoms with van der Waals surface area (Å²) in [6.07, 6.45) is 0. The minimum atomic E-state index is -0.833. The molecule has 0 bridgehead atoms. The highest BCUT2D eigenvalue weighted by molar-refractivity contribution is 7.13. The van der Waals surface area contributed by atoms with Crippen molar-refractivity contribution in [1.82, 2.24) is 9.55 Å². The SMILES string of the molecule is COc1ccc(-c2nc(COC(=O)[C@@H](C)n3c(=O)oc4ccccc43)cs2)cc1OC. The number of esters is 1. The third kappa shape index (κ3) is 4.04. The van der Waals surface area contributed by atoms with Gasteiger partial charge in [-0.15, -0.1) is 11.3 Å². The molecule has 8 nitrogen and oxygen atoms in total. The molecule has 160 valence electrons. The van der Waals surface area contributed by atoms with E-state index >= 15 is 0 Å². The number of hydrogen-bond donors (Lipinski definition) is 0. The van der Waals surface area contributed by atoms with E-state index in [9.17, 15) is 9.59 Å². The molecule has 4 rings (SSSR count). The minimum Gasteiger partial charge on any atom is -0.493 e. The Bertz CT molecular complexity index is 1290. The van der Waals surface area contributed by atoms with E-state index in [1.54, 1.807) is 45.4 Å². The van der Waals surface area contributed by atoms with Gasteiger partial charge in [0, 0.05) is 10.9 Å². The molecule has 0 saturated heterocycles. The average Bonchev–Trinajstić information content (AvgIpc) is 3.40. The second-order valence-electron chi connectivity index (χ2n) is 6.70. The maximum absolute atomic E-state index is 12.6. The lowest BCUT2D eigenvalue weighted by atomic mass is 10.2. The standard InChI is InChI=1S/C22H20N2O6S/c1-13(24-16-6-4-5-7-17(16)30-22(24)26)21(25)29-11-15-12-31-20(23-15)14-8-9-18(27-2)19(10-14)28-3/h4-10,12-13H,11H2,1-3H3/t13-/m1/s1. The molecule has 0 fully saturated rings. The van der Waals surface area contributed by atoms with Crippen molar-refractivity contribution >= 4 is 28.4 Å². The molecule has 1 atom stereocenters. The van der Waals surface area contributed by atoms with Crippen molar-refractivity contribution < 1.29 is 23.4 Å². The molecular weight excluding hydrogens is 420 g/mol. The smallest absolute Gasteiger partial charge is 0.420 e. The number of rotatable bonds is 7. The molecule has 0 aliphatic carbocycles. The van der Waals surface area contributed by atoms with E-state index in [0.29, 0.717) is 28.3 Å². The zero-order valence-electron chi connectivity index (χ0n) is 17.2. The fraction of sp³-hybridized carbons (Fsp3) is 0.227. The summed E-state index contributed by atoms with van der Waals surface area (Å²) in [4.78, 5) is 29.3. The summed E-state index contributed by atoms with van der Waals surface area (Å²) in [5.74, 6) is 0.0899. The van der Waals surface area contributed by atoms with E-state index in [4.69, 9.17) is 18.6 Å². The summed E-state index contributed by atoms with van der Waals surface area (Å²) in [6, 6.07) is 11.6. The molecular formula is C22H20N2O6S. The van der Waals surface area contributed by atoms with Crippen molar-refractivity contribution in [2.75, 3.05) is 14.2 Å². The van der Waals surface area contributed by atoms with Crippen LogP contribution in [0.2, 0.25) is 0 Å². The number of ether oxygens (including phenoxy) is 3. The van der Waals surface area contributed by atoms with Gasteiger partial charge >= 0.3 is 11.7 Å². The van der Waals surface area contributed by atoms with Gasteiger partial charge in [-0.2, -0.15) is 0 Å². The molecule has 0 saturated carbocycles. The fourth-order valence-corrected chi connectivity index (χ4v) is 4.00. The fourth-order valence-electron chi connectivity index (χ4n) is 3.20. The molecule has 0 amide bonds. The summed E-state index contributed by atoms with van der Waals surface area (Å²) in [7, 11) is 3.15. The highest BCUT2D eigenvalue weighted by Crippen LogP contribution is 2.33. The molecule has 0 aliphatic rings. The van der Waals surface area contributed by atoms with Crippen molar-refractivity contribution in [2.45, 2.75) is 19.6 Å². The van der Waals surface area contributed by atoms with Crippen LogP contribution in [0, 0.1) is 0 Å². The van der Waals surface area contributed by atoms with E-state index in [0.717, 1.165) is 10.6 Å².